The molecule has 1 N–H and O–H groups in total. The number of piperazine rings is 1. The fraction of sp³-hybridized carbons (Fsp3) is 0.381. The van der Waals surface area contributed by atoms with Gasteiger partial charge in [0.25, 0.3) is 6.43 Å². The SMILES string of the molecule is BC1(B)N(C(=O)C2CC2)C(B)(B)C(B)(B)N(c2cc(Nc3ncn(-c4cnccn4)n3)cc(C(F)F)c2)C1(B)B. The number of alkyl halides is 2. The summed E-state index contributed by atoms with van der Waals surface area (Å²) in [5, 5.41) is 5.02. The zero-order chi connectivity index (χ0) is 29.3. The molecule has 5 rings (SSSR count). The van der Waals surface area contributed by atoms with Crippen LogP contribution in [0.15, 0.2) is 43.1 Å². The number of halogens is 2. The van der Waals surface area contributed by atoms with E-state index in [1.807, 2.05) is 6.07 Å². The molecule has 3 heterocycles. The summed E-state index contributed by atoms with van der Waals surface area (Å²) in [5.74, 6) is 0.951. The molecule has 19 heteroatoms. The Balaban J connectivity index is 1.58. The van der Waals surface area contributed by atoms with Crippen LogP contribution >= 0.6 is 0 Å². The summed E-state index contributed by atoms with van der Waals surface area (Å²) in [6.45, 7) is 0. The lowest BCUT2D eigenvalue weighted by Crippen LogP contribution is -2.93. The van der Waals surface area contributed by atoms with Gasteiger partial charge in [0.1, 0.15) is 69.1 Å². The van der Waals surface area contributed by atoms with Crippen LogP contribution in [0.3, 0.4) is 0 Å². The van der Waals surface area contributed by atoms with Crippen molar-refractivity contribution in [1.29, 1.82) is 0 Å². The average Bonchev–Trinajstić information content (AvgIpc) is 3.62. The monoisotopic (exact) mass is 536 g/mol. The van der Waals surface area contributed by atoms with E-state index in [-0.39, 0.29) is 23.3 Å². The Labute approximate surface area is 240 Å². The third-order valence-electron chi connectivity index (χ3n) is 9.36. The van der Waals surface area contributed by atoms with Crippen molar-refractivity contribution in [2.45, 2.75) is 40.6 Å². The number of anilines is 3. The zero-order valence-electron chi connectivity index (χ0n) is 24.4. The Kier molecular flexibility index (Phi) is 6.73. The molecule has 0 bridgehead atoms. The van der Waals surface area contributed by atoms with Crippen LogP contribution in [-0.2, 0) is 4.79 Å². The first kappa shape index (κ1) is 28.4. The largest absolute Gasteiger partial charge is 0.390 e. The van der Waals surface area contributed by atoms with E-state index < -0.39 is 27.8 Å². The summed E-state index contributed by atoms with van der Waals surface area (Å²) in [5.41, 5.74) is 0.943. The number of hydrogen-bond acceptors (Lipinski definition) is 7. The smallest absolute Gasteiger partial charge is 0.263 e. The highest BCUT2D eigenvalue weighted by Crippen LogP contribution is 2.48. The molecule has 1 saturated heterocycles. The second-order valence-electron chi connectivity index (χ2n) is 12.8. The lowest BCUT2D eigenvalue weighted by molar-refractivity contribution is -0.138. The van der Waals surface area contributed by atoms with E-state index >= 15 is 0 Å². The van der Waals surface area contributed by atoms with Crippen LogP contribution in [0.4, 0.5) is 26.1 Å². The van der Waals surface area contributed by atoms with Crippen molar-refractivity contribution in [2.75, 3.05) is 10.2 Å². The Morgan fingerprint density at radius 3 is 2.12 bits per heavy atom. The second kappa shape index (κ2) is 9.48. The highest BCUT2D eigenvalue weighted by Gasteiger charge is 2.63. The number of carbonyl (C=O) groups is 1. The minimum Gasteiger partial charge on any atom is -0.390 e. The topological polar surface area (TPSA) is 92.1 Å². The predicted molar refractivity (Wildman–Crippen MR) is 173 cm³/mol. The number of hydrogen-bond donors (Lipinski definition) is 1. The molecule has 1 saturated carbocycles. The molecule has 1 aliphatic heterocycles. The molecular formula is C21H30B8F2N8O. The van der Waals surface area contributed by atoms with Gasteiger partial charge < -0.3 is 15.1 Å². The van der Waals surface area contributed by atoms with Crippen LogP contribution in [-0.4, -0.2) is 120 Å². The van der Waals surface area contributed by atoms with E-state index in [0.29, 0.717) is 17.2 Å². The van der Waals surface area contributed by atoms with Crippen LogP contribution in [0.1, 0.15) is 24.8 Å². The number of aromatic nitrogens is 5. The van der Waals surface area contributed by atoms with Crippen molar-refractivity contribution in [2.24, 2.45) is 5.92 Å². The van der Waals surface area contributed by atoms with E-state index in [1.165, 1.54) is 17.1 Å². The quantitative estimate of drug-likeness (QED) is 0.316. The van der Waals surface area contributed by atoms with E-state index in [4.69, 9.17) is 0 Å². The molecule has 3 aromatic rings. The summed E-state index contributed by atoms with van der Waals surface area (Å²) in [7, 11) is 16.7. The van der Waals surface area contributed by atoms with Gasteiger partial charge >= 0.3 is 0 Å². The van der Waals surface area contributed by atoms with E-state index in [9.17, 15) is 13.6 Å². The van der Waals surface area contributed by atoms with Gasteiger partial charge in [-0.25, -0.2) is 13.8 Å². The lowest BCUT2D eigenvalue weighted by Gasteiger charge is -2.74. The Hall–Kier alpha value is -3.11. The second-order valence-corrected chi connectivity index (χ2v) is 12.8. The molecule has 198 valence electrons. The van der Waals surface area contributed by atoms with Crippen LogP contribution in [0, 0.1) is 5.92 Å². The van der Waals surface area contributed by atoms with Gasteiger partial charge in [0, 0.05) is 35.2 Å². The standard InChI is InChI=1S/C21H30B8F2N8O/c22-18(23)20(26,27)39(16(40)10-1-2-10)21(28,29)19(24,25)38(18)13-6-11(15(30)31)5-12(7-13)35-17-34-9-37(36-17)14-8-32-3-4-33-14/h3-10,15H,1-2,22-29H2,(H,35,36). The van der Waals surface area contributed by atoms with Crippen LogP contribution in [0.25, 0.3) is 5.82 Å². The molecule has 9 nitrogen and oxygen atoms in total. The van der Waals surface area contributed by atoms with Gasteiger partial charge in [-0.15, -0.1) is 5.10 Å². The molecule has 2 fully saturated rings. The van der Waals surface area contributed by atoms with Crippen molar-refractivity contribution < 1.29 is 13.6 Å². The summed E-state index contributed by atoms with van der Waals surface area (Å²) in [6, 6.07) is 4.82. The summed E-state index contributed by atoms with van der Waals surface area (Å²) in [4.78, 5) is 30.5. The van der Waals surface area contributed by atoms with E-state index in [0.717, 1.165) is 12.8 Å². The van der Waals surface area contributed by atoms with Crippen molar-refractivity contribution in [3.05, 3.63) is 48.7 Å². The molecule has 2 aromatic heterocycles. The number of benzene rings is 1. The first-order valence-electron chi connectivity index (χ1n) is 13.6. The van der Waals surface area contributed by atoms with Gasteiger partial charge in [-0.2, -0.15) is 9.67 Å². The van der Waals surface area contributed by atoms with Crippen LogP contribution < -0.4 is 10.2 Å². The fourth-order valence-corrected chi connectivity index (χ4v) is 6.13. The molecule has 0 radical (unpaired) electrons. The predicted octanol–water partition coefficient (Wildman–Crippen LogP) is -5.52. The van der Waals surface area contributed by atoms with Crippen molar-refractivity contribution in [1.82, 2.24) is 29.6 Å². The summed E-state index contributed by atoms with van der Waals surface area (Å²) < 4.78 is 30.0. The van der Waals surface area contributed by atoms with Crippen molar-refractivity contribution in [3.8, 4) is 5.82 Å². The average molecular weight is 535 g/mol. The molecule has 1 aromatic carbocycles. The molecular weight excluding hydrogens is 505 g/mol. The molecule has 1 amide bonds. The minimum atomic E-state index is -2.68. The number of rotatable bonds is 6. The molecule has 40 heavy (non-hydrogen) atoms. The van der Waals surface area contributed by atoms with Crippen LogP contribution in [0.2, 0.25) is 0 Å². The fourth-order valence-electron chi connectivity index (χ4n) is 6.13. The van der Waals surface area contributed by atoms with Gasteiger partial charge in [-0.05, 0) is 52.4 Å². The zero-order valence-corrected chi connectivity index (χ0v) is 24.4. The molecule has 0 spiro atoms. The maximum absolute atomic E-state index is 14.3. The normalized spacial score (nSPS) is 20.8. The highest BCUT2D eigenvalue weighted by molar-refractivity contribution is 6.63. The lowest BCUT2D eigenvalue weighted by atomic mass is 9.26. The third-order valence-corrected chi connectivity index (χ3v) is 9.36. The number of carbonyl (C=O) groups excluding carboxylic acids is 1. The first-order valence-corrected chi connectivity index (χ1v) is 13.6. The Morgan fingerprint density at radius 2 is 1.57 bits per heavy atom. The van der Waals surface area contributed by atoms with Gasteiger partial charge in [-0.3, -0.25) is 9.78 Å². The first-order chi connectivity index (χ1) is 18.6. The third kappa shape index (κ3) is 4.45. The van der Waals surface area contributed by atoms with E-state index in [1.54, 1.807) is 24.7 Å². The van der Waals surface area contributed by atoms with Gasteiger partial charge in [0.15, 0.2) is 5.82 Å². The summed E-state index contributed by atoms with van der Waals surface area (Å²) in [6.07, 6.45) is 5.29. The molecule has 2 aliphatic rings. The maximum atomic E-state index is 14.3. The van der Waals surface area contributed by atoms with Gasteiger partial charge in [0.2, 0.25) is 11.9 Å². The van der Waals surface area contributed by atoms with E-state index in [2.05, 4.69) is 97.9 Å². The number of amides is 1. The molecule has 1 aliphatic carbocycles. The Bertz CT molecular complexity index is 1410. The maximum Gasteiger partial charge on any atom is 0.263 e. The number of nitrogens with zero attached hydrogens (tertiary/aromatic N) is 7. The van der Waals surface area contributed by atoms with Gasteiger partial charge in [0.05, 0.1) is 6.20 Å². The minimum absolute atomic E-state index is 0.0591. The van der Waals surface area contributed by atoms with Gasteiger partial charge in [-0.1, -0.05) is 0 Å². The van der Waals surface area contributed by atoms with Crippen molar-refractivity contribution in [3.63, 3.8) is 0 Å². The highest BCUT2D eigenvalue weighted by atomic mass is 19.3. The molecule has 0 unspecified atom stereocenters. The Morgan fingerprint density at radius 1 is 0.925 bits per heavy atom. The number of nitrogens with one attached hydrogen (secondary N) is 1. The van der Waals surface area contributed by atoms with Crippen molar-refractivity contribution >= 4 is 86.0 Å². The molecule has 0 atom stereocenters. The summed E-state index contributed by atoms with van der Waals surface area (Å²) >= 11 is 0. The van der Waals surface area contributed by atoms with Crippen LogP contribution in [0.5, 0.6) is 0 Å².